The number of sulfonamides is 1. The first-order valence-corrected chi connectivity index (χ1v) is 7.50. The van der Waals surface area contributed by atoms with Gasteiger partial charge < -0.3 is 5.32 Å². The van der Waals surface area contributed by atoms with Gasteiger partial charge in [0.05, 0.1) is 5.75 Å². The Balaban J connectivity index is 2.61. The predicted octanol–water partition coefficient (Wildman–Crippen LogP) is 1.42. The van der Waals surface area contributed by atoms with Crippen molar-refractivity contribution in [1.29, 1.82) is 0 Å². The molecule has 0 aliphatic rings. The maximum absolute atomic E-state index is 13.0. The fraction of sp³-hybridized carbons (Fsp3) is 0.500. The number of nitrogens with one attached hydrogen (secondary N) is 2. The van der Waals surface area contributed by atoms with Gasteiger partial charge in [0.25, 0.3) is 0 Å². The van der Waals surface area contributed by atoms with E-state index in [9.17, 15) is 12.8 Å². The fourth-order valence-corrected chi connectivity index (χ4v) is 2.93. The molecule has 1 atom stereocenters. The van der Waals surface area contributed by atoms with E-state index in [-0.39, 0.29) is 11.6 Å². The third-order valence-corrected chi connectivity index (χ3v) is 4.08. The normalized spacial score (nSPS) is 13.5. The summed E-state index contributed by atoms with van der Waals surface area (Å²) in [5.41, 5.74) is 0.618. The van der Waals surface area contributed by atoms with Crippen LogP contribution >= 0.6 is 0 Å². The lowest BCUT2D eigenvalue weighted by molar-refractivity contribution is 0.561. The van der Waals surface area contributed by atoms with E-state index >= 15 is 0 Å². The van der Waals surface area contributed by atoms with Crippen molar-refractivity contribution in [2.75, 3.05) is 19.3 Å². The number of benzene rings is 1. The monoisotopic (exact) mass is 274 g/mol. The van der Waals surface area contributed by atoms with Crippen molar-refractivity contribution in [2.24, 2.45) is 0 Å². The molecular formula is C12H19FN2O2S. The van der Waals surface area contributed by atoms with Gasteiger partial charge in [-0.3, -0.25) is 0 Å². The topological polar surface area (TPSA) is 58.2 Å². The smallest absolute Gasteiger partial charge is 0.212 e. The Bertz CT molecular complexity index is 477. The molecule has 0 aliphatic carbocycles. The molecule has 1 unspecified atom stereocenters. The van der Waals surface area contributed by atoms with Crippen LogP contribution in [0.3, 0.4) is 0 Å². The Kier molecular flexibility index (Phi) is 5.71. The minimum absolute atomic E-state index is 0.0630. The second kappa shape index (κ2) is 6.82. The molecule has 0 radical (unpaired) electrons. The van der Waals surface area contributed by atoms with Gasteiger partial charge in [-0.2, -0.15) is 0 Å². The molecule has 6 heteroatoms. The summed E-state index contributed by atoms with van der Waals surface area (Å²) in [7, 11) is -1.55. The third-order valence-electron chi connectivity index (χ3n) is 2.54. The van der Waals surface area contributed by atoms with Crippen molar-refractivity contribution < 1.29 is 12.8 Å². The summed E-state index contributed by atoms with van der Waals surface area (Å²) < 4.78 is 39.0. The quantitative estimate of drug-likeness (QED) is 0.739. The molecule has 0 bridgehead atoms. The highest BCUT2D eigenvalue weighted by molar-refractivity contribution is 7.89. The van der Waals surface area contributed by atoms with Crippen LogP contribution in [0.5, 0.6) is 0 Å². The van der Waals surface area contributed by atoms with Gasteiger partial charge in [0.1, 0.15) is 5.82 Å². The molecule has 0 saturated heterocycles. The standard InChI is InChI=1S/C12H19FN2O2S/c1-10(11-5-3-6-12(13)9-11)15-18(16,17)8-4-7-14-2/h3,5-6,9-10,14-15H,4,7-8H2,1-2H3. The molecule has 0 amide bonds. The van der Waals surface area contributed by atoms with E-state index in [0.717, 1.165) is 0 Å². The molecule has 1 aromatic rings. The third kappa shape index (κ3) is 5.12. The second-order valence-electron chi connectivity index (χ2n) is 4.17. The molecule has 2 N–H and O–H groups in total. The van der Waals surface area contributed by atoms with Crippen LogP contribution in [-0.2, 0) is 10.0 Å². The molecule has 0 spiro atoms. The number of hydrogen-bond acceptors (Lipinski definition) is 3. The lowest BCUT2D eigenvalue weighted by atomic mass is 10.1. The molecule has 4 nitrogen and oxygen atoms in total. The minimum Gasteiger partial charge on any atom is -0.320 e. The highest BCUT2D eigenvalue weighted by Gasteiger charge is 2.15. The zero-order valence-electron chi connectivity index (χ0n) is 10.6. The van der Waals surface area contributed by atoms with Crippen molar-refractivity contribution in [3.8, 4) is 0 Å². The van der Waals surface area contributed by atoms with E-state index in [4.69, 9.17) is 0 Å². The minimum atomic E-state index is -3.33. The summed E-state index contributed by atoms with van der Waals surface area (Å²) in [6.07, 6.45) is 0.543. The molecule has 0 heterocycles. The highest BCUT2D eigenvalue weighted by atomic mass is 32.2. The van der Waals surface area contributed by atoms with Gasteiger partial charge in [0.2, 0.25) is 10.0 Å². The summed E-state index contributed by atoms with van der Waals surface area (Å²) in [4.78, 5) is 0. The fourth-order valence-electron chi connectivity index (χ4n) is 1.61. The maximum Gasteiger partial charge on any atom is 0.212 e. The molecule has 1 aromatic carbocycles. The average Bonchev–Trinajstić information content (AvgIpc) is 2.28. The summed E-state index contributed by atoms with van der Waals surface area (Å²) in [5.74, 6) is -0.304. The van der Waals surface area contributed by atoms with Crippen LogP contribution in [0, 0.1) is 5.82 Å². The molecule has 0 aromatic heterocycles. The lowest BCUT2D eigenvalue weighted by Crippen LogP contribution is -2.30. The van der Waals surface area contributed by atoms with Gasteiger partial charge in [-0.25, -0.2) is 17.5 Å². The average molecular weight is 274 g/mol. The number of halogens is 1. The Morgan fingerprint density at radius 3 is 2.72 bits per heavy atom. The van der Waals surface area contributed by atoms with Gasteiger partial charge in [-0.05, 0) is 44.6 Å². The molecule has 0 fully saturated rings. The van der Waals surface area contributed by atoms with Gasteiger partial charge in [-0.1, -0.05) is 12.1 Å². The molecule has 1 rings (SSSR count). The van der Waals surface area contributed by atoms with Gasteiger partial charge >= 0.3 is 0 Å². The second-order valence-corrected chi connectivity index (χ2v) is 6.04. The van der Waals surface area contributed by atoms with E-state index in [1.807, 2.05) is 0 Å². The van der Waals surface area contributed by atoms with Crippen molar-refractivity contribution in [2.45, 2.75) is 19.4 Å². The van der Waals surface area contributed by atoms with Crippen molar-refractivity contribution >= 4 is 10.0 Å². The SMILES string of the molecule is CNCCCS(=O)(=O)NC(C)c1cccc(F)c1. The van der Waals surface area contributed by atoms with E-state index in [2.05, 4.69) is 10.0 Å². The zero-order chi connectivity index (χ0) is 13.6. The highest BCUT2D eigenvalue weighted by Crippen LogP contribution is 2.14. The van der Waals surface area contributed by atoms with Gasteiger partial charge in [-0.15, -0.1) is 0 Å². The van der Waals surface area contributed by atoms with Gasteiger partial charge in [0, 0.05) is 6.04 Å². The Labute approximate surface area is 108 Å². The predicted molar refractivity (Wildman–Crippen MR) is 70.3 cm³/mol. The van der Waals surface area contributed by atoms with E-state index in [0.29, 0.717) is 18.5 Å². The van der Waals surface area contributed by atoms with Crippen LogP contribution < -0.4 is 10.0 Å². The first-order valence-electron chi connectivity index (χ1n) is 5.84. The van der Waals surface area contributed by atoms with E-state index in [1.54, 1.807) is 26.1 Å². The van der Waals surface area contributed by atoms with Crippen LogP contribution in [0.2, 0.25) is 0 Å². The van der Waals surface area contributed by atoms with Crippen molar-refractivity contribution in [1.82, 2.24) is 10.0 Å². The molecule has 0 saturated carbocycles. The van der Waals surface area contributed by atoms with Crippen LogP contribution in [-0.4, -0.2) is 27.8 Å². The first kappa shape index (κ1) is 15.1. The summed E-state index contributed by atoms with van der Waals surface area (Å²) >= 11 is 0. The van der Waals surface area contributed by atoms with Gasteiger partial charge in [0.15, 0.2) is 0 Å². The van der Waals surface area contributed by atoms with Crippen molar-refractivity contribution in [3.05, 3.63) is 35.6 Å². The van der Waals surface area contributed by atoms with Crippen LogP contribution in [0.15, 0.2) is 24.3 Å². The summed E-state index contributed by atoms with van der Waals surface area (Å²) in [6, 6.07) is 5.50. The first-order chi connectivity index (χ1) is 8.44. The number of hydrogen-bond donors (Lipinski definition) is 2. The van der Waals surface area contributed by atoms with Crippen molar-refractivity contribution in [3.63, 3.8) is 0 Å². The molecule has 0 aliphatic heterocycles. The van der Waals surface area contributed by atoms with E-state index in [1.165, 1.54) is 12.1 Å². The number of rotatable bonds is 7. The lowest BCUT2D eigenvalue weighted by Gasteiger charge is -2.14. The largest absolute Gasteiger partial charge is 0.320 e. The zero-order valence-corrected chi connectivity index (χ0v) is 11.4. The Morgan fingerprint density at radius 1 is 1.39 bits per heavy atom. The Morgan fingerprint density at radius 2 is 2.11 bits per heavy atom. The molecular weight excluding hydrogens is 255 g/mol. The van der Waals surface area contributed by atoms with E-state index < -0.39 is 16.1 Å². The molecule has 102 valence electrons. The van der Waals surface area contributed by atoms with Crippen LogP contribution in [0.4, 0.5) is 4.39 Å². The summed E-state index contributed by atoms with van der Waals surface area (Å²) in [6.45, 7) is 2.35. The van der Waals surface area contributed by atoms with Crippen LogP contribution in [0.25, 0.3) is 0 Å². The summed E-state index contributed by atoms with van der Waals surface area (Å²) in [5, 5.41) is 2.89. The maximum atomic E-state index is 13.0. The molecule has 18 heavy (non-hydrogen) atoms. The van der Waals surface area contributed by atoms with Crippen LogP contribution in [0.1, 0.15) is 24.9 Å². The Hall–Kier alpha value is -0.980.